The quantitative estimate of drug-likeness (QED) is 0.637. The Balaban J connectivity index is 1.84. The van der Waals surface area contributed by atoms with Crippen LogP contribution in [0.4, 0.5) is 0 Å². The SMILES string of the molecule is COc1cc2c(cc1C#CC(C)(C)O)C1=C(C3=CC=COC32)C(C)(C)c2ccccc21. The summed E-state index contributed by atoms with van der Waals surface area (Å²) in [5, 5.41) is 10.1. The summed E-state index contributed by atoms with van der Waals surface area (Å²) >= 11 is 0. The van der Waals surface area contributed by atoms with E-state index in [-0.39, 0.29) is 11.5 Å². The van der Waals surface area contributed by atoms with Crippen molar-refractivity contribution in [1.82, 2.24) is 0 Å². The highest BCUT2D eigenvalue weighted by Gasteiger charge is 2.46. The second-order valence-electron chi connectivity index (χ2n) is 9.34. The van der Waals surface area contributed by atoms with E-state index in [1.54, 1.807) is 27.2 Å². The molecular formula is C28H26O3. The number of allylic oxidation sites excluding steroid dienone is 2. The number of benzene rings is 2. The first-order valence-electron chi connectivity index (χ1n) is 10.6. The van der Waals surface area contributed by atoms with Crippen molar-refractivity contribution in [3.8, 4) is 17.6 Å². The maximum atomic E-state index is 10.1. The summed E-state index contributed by atoms with van der Waals surface area (Å²) in [6.45, 7) is 7.93. The lowest BCUT2D eigenvalue weighted by Crippen LogP contribution is -2.25. The Morgan fingerprint density at radius 2 is 1.90 bits per heavy atom. The predicted molar refractivity (Wildman–Crippen MR) is 123 cm³/mol. The number of aliphatic hydroxyl groups is 1. The van der Waals surface area contributed by atoms with Crippen LogP contribution in [0.5, 0.6) is 5.75 Å². The monoisotopic (exact) mass is 410 g/mol. The van der Waals surface area contributed by atoms with E-state index in [1.165, 1.54) is 27.8 Å². The smallest absolute Gasteiger partial charge is 0.149 e. The Hall–Kier alpha value is -3.22. The van der Waals surface area contributed by atoms with Gasteiger partial charge in [-0.05, 0) is 59.9 Å². The molecule has 2 aromatic rings. The predicted octanol–water partition coefficient (Wildman–Crippen LogP) is 5.44. The van der Waals surface area contributed by atoms with Crippen molar-refractivity contribution in [2.45, 2.75) is 44.8 Å². The molecule has 3 heteroatoms. The highest BCUT2D eigenvalue weighted by molar-refractivity contribution is 5.96. The number of ether oxygens (including phenoxy) is 2. The molecule has 1 unspecified atom stereocenters. The Bertz CT molecular complexity index is 1250. The minimum atomic E-state index is -1.08. The van der Waals surface area contributed by atoms with E-state index in [0.29, 0.717) is 5.75 Å². The first-order valence-corrected chi connectivity index (χ1v) is 10.6. The zero-order valence-electron chi connectivity index (χ0n) is 18.5. The second-order valence-corrected chi connectivity index (χ2v) is 9.34. The lowest BCUT2D eigenvalue weighted by molar-refractivity contribution is 0.143. The fourth-order valence-corrected chi connectivity index (χ4v) is 5.01. The Kier molecular flexibility index (Phi) is 4.22. The second kappa shape index (κ2) is 6.64. The van der Waals surface area contributed by atoms with Gasteiger partial charge in [0, 0.05) is 16.6 Å². The molecule has 3 aliphatic rings. The summed E-state index contributed by atoms with van der Waals surface area (Å²) in [6, 6.07) is 12.8. The number of methoxy groups -OCH3 is 1. The molecule has 0 bridgehead atoms. The molecule has 31 heavy (non-hydrogen) atoms. The zero-order chi connectivity index (χ0) is 22.0. The van der Waals surface area contributed by atoms with Crippen molar-refractivity contribution in [2.75, 3.05) is 7.11 Å². The third-order valence-electron chi connectivity index (χ3n) is 6.31. The third kappa shape index (κ3) is 2.94. The standard InChI is InChI=1S/C28H26O3/c1-27(2,29)13-12-17-15-20-21(16-23(17)30-5)26-19(10-8-14-31-26)25-24(20)18-9-6-7-11-22(18)28(25,3)4/h6-11,14-16,26,29H,1-5H3. The van der Waals surface area contributed by atoms with Crippen LogP contribution in [0.1, 0.15) is 61.6 Å². The summed E-state index contributed by atoms with van der Waals surface area (Å²) in [5.74, 6) is 6.74. The van der Waals surface area contributed by atoms with Crippen molar-refractivity contribution in [3.63, 3.8) is 0 Å². The van der Waals surface area contributed by atoms with Gasteiger partial charge in [-0.25, -0.2) is 0 Å². The van der Waals surface area contributed by atoms with E-state index in [2.05, 4.69) is 62.1 Å². The average Bonchev–Trinajstić information content (AvgIpc) is 2.99. The van der Waals surface area contributed by atoms with Crippen molar-refractivity contribution >= 4 is 5.57 Å². The highest BCUT2D eigenvalue weighted by atomic mass is 16.5. The number of fused-ring (bicyclic) bond motifs is 7. The van der Waals surface area contributed by atoms with Crippen molar-refractivity contribution in [3.05, 3.63) is 93.8 Å². The van der Waals surface area contributed by atoms with Gasteiger partial charge >= 0.3 is 0 Å². The van der Waals surface area contributed by atoms with Gasteiger partial charge in [0.2, 0.25) is 0 Å². The first kappa shape index (κ1) is 19.7. The van der Waals surface area contributed by atoms with Gasteiger partial charge in [0.1, 0.15) is 17.5 Å². The maximum Gasteiger partial charge on any atom is 0.149 e. The van der Waals surface area contributed by atoms with Crippen LogP contribution < -0.4 is 4.74 Å². The summed E-state index contributed by atoms with van der Waals surface area (Å²) in [6.07, 6.45) is 5.72. The molecule has 2 aromatic carbocycles. The van der Waals surface area contributed by atoms with Crippen molar-refractivity contribution in [2.24, 2.45) is 0 Å². The minimum Gasteiger partial charge on any atom is -0.495 e. The van der Waals surface area contributed by atoms with E-state index in [1.807, 2.05) is 12.1 Å². The Labute approximate surface area is 183 Å². The molecule has 3 nitrogen and oxygen atoms in total. The van der Waals surface area contributed by atoms with E-state index in [0.717, 1.165) is 16.7 Å². The van der Waals surface area contributed by atoms with Gasteiger partial charge in [0.05, 0.1) is 18.9 Å². The van der Waals surface area contributed by atoms with Crippen LogP contribution in [0.15, 0.2) is 66.0 Å². The van der Waals surface area contributed by atoms with E-state index < -0.39 is 5.60 Å². The number of rotatable bonds is 1. The molecule has 1 N–H and O–H groups in total. The molecular weight excluding hydrogens is 384 g/mol. The van der Waals surface area contributed by atoms with E-state index in [4.69, 9.17) is 9.47 Å². The Morgan fingerprint density at radius 3 is 2.65 bits per heavy atom. The van der Waals surface area contributed by atoms with Gasteiger partial charge in [0.15, 0.2) is 0 Å². The molecule has 156 valence electrons. The van der Waals surface area contributed by atoms with Gasteiger partial charge in [-0.15, -0.1) is 0 Å². The molecule has 0 spiro atoms. The highest BCUT2D eigenvalue weighted by Crippen LogP contribution is 2.58. The molecule has 0 saturated heterocycles. The number of hydrogen-bond donors (Lipinski definition) is 1. The van der Waals surface area contributed by atoms with Gasteiger partial charge in [0.25, 0.3) is 0 Å². The fourth-order valence-electron chi connectivity index (χ4n) is 5.01. The topological polar surface area (TPSA) is 38.7 Å². The summed E-state index contributed by atoms with van der Waals surface area (Å²) in [5.41, 5.74) is 8.06. The van der Waals surface area contributed by atoms with Gasteiger partial charge in [-0.2, -0.15) is 0 Å². The van der Waals surface area contributed by atoms with Crippen LogP contribution in [0, 0.1) is 11.8 Å². The third-order valence-corrected chi connectivity index (χ3v) is 6.31. The molecule has 2 aliphatic carbocycles. The van der Waals surface area contributed by atoms with Crippen LogP contribution in [0.2, 0.25) is 0 Å². The van der Waals surface area contributed by atoms with Crippen LogP contribution >= 0.6 is 0 Å². The minimum absolute atomic E-state index is 0.138. The van der Waals surface area contributed by atoms with Crippen molar-refractivity contribution < 1.29 is 14.6 Å². The number of hydrogen-bond acceptors (Lipinski definition) is 3. The molecule has 0 aromatic heterocycles. The normalized spacial score (nSPS) is 19.8. The lowest BCUT2D eigenvalue weighted by atomic mass is 9.71. The van der Waals surface area contributed by atoms with E-state index in [9.17, 15) is 5.11 Å². The summed E-state index contributed by atoms with van der Waals surface area (Å²) in [4.78, 5) is 0. The average molecular weight is 411 g/mol. The first-order chi connectivity index (χ1) is 14.7. The molecule has 5 rings (SSSR count). The van der Waals surface area contributed by atoms with Crippen LogP contribution in [-0.2, 0) is 10.2 Å². The van der Waals surface area contributed by atoms with Gasteiger partial charge in [-0.1, -0.05) is 56.0 Å². The van der Waals surface area contributed by atoms with E-state index >= 15 is 0 Å². The Morgan fingerprint density at radius 1 is 1.13 bits per heavy atom. The summed E-state index contributed by atoms with van der Waals surface area (Å²) in [7, 11) is 1.65. The zero-order valence-corrected chi connectivity index (χ0v) is 18.5. The molecule has 1 heterocycles. The molecule has 1 aliphatic heterocycles. The molecule has 0 saturated carbocycles. The van der Waals surface area contributed by atoms with Crippen LogP contribution in [-0.4, -0.2) is 17.8 Å². The van der Waals surface area contributed by atoms with Gasteiger partial charge in [-0.3, -0.25) is 0 Å². The van der Waals surface area contributed by atoms with Crippen LogP contribution in [0.3, 0.4) is 0 Å². The maximum absolute atomic E-state index is 10.1. The van der Waals surface area contributed by atoms with Crippen LogP contribution in [0.25, 0.3) is 5.57 Å². The molecule has 1 atom stereocenters. The fraction of sp³-hybridized carbons (Fsp3) is 0.286. The van der Waals surface area contributed by atoms with Gasteiger partial charge < -0.3 is 14.6 Å². The molecule has 0 radical (unpaired) electrons. The molecule has 0 amide bonds. The largest absolute Gasteiger partial charge is 0.495 e. The lowest BCUT2D eigenvalue weighted by Gasteiger charge is -2.36. The van der Waals surface area contributed by atoms with Crippen molar-refractivity contribution in [1.29, 1.82) is 0 Å². The summed E-state index contributed by atoms with van der Waals surface area (Å²) < 4.78 is 11.8. The molecule has 0 fully saturated rings.